The van der Waals surface area contributed by atoms with Gasteiger partial charge in [0.25, 0.3) is 0 Å². The zero-order valence-electron chi connectivity index (χ0n) is 30.8. The number of benzene rings is 9. The lowest BCUT2D eigenvalue weighted by atomic mass is 9.82. The molecule has 55 heavy (non-hydrogen) atoms. The molecule has 2 heteroatoms. The third-order valence-electron chi connectivity index (χ3n) is 11.8. The number of hydrogen-bond donors (Lipinski definition) is 0. The van der Waals surface area contributed by atoms with E-state index in [1.807, 2.05) is 12.1 Å². The predicted octanol–water partition coefficient (Wildman–Crippen LogP) is 15.0. The molecular weight excluding hydrogens is 667 g/mol. The van der Waals surface area contributed by atoms with E-state index in [-0.39, 0.29) is 5.41 Å². The Bertz CT molecular complexity index is 3150. The van der Waals surface area contributed by atoms with Crippen LogP contribution < -0.4 is 4.90 Å². The van der Waals surface area contributed by atoms with Gasteiger partial charge in [-0.25, -0.2) is 0 Å². The van der Waals surface area contributed by atoms with Crippen LogP contribution in [0.3, 0.4) is 0 Å². The van der Waals surface area contributed by atoms with Gasteiger partial charge in [0, 0.05) is 39.3 Å². The van der Waals surface area contributed by atoms with Crippen molar-refractivity contribution < 1.29 is 4.42 Å². The summed E-state index contributed by atoms with van der Waals surface area (Å²) in [6.07, 6.45) is 0. The summed E-state index contributed by atoms with van der Waals surface area (Å²) in [6, 6.07) is 68.6. The van der Waals surface area contributed by atoms with Gasteiger partial charge in [0.2, 0.25) is 0 Å². The molecule has 0 saturated heterocycles. The van der Waals surface area contributed by atoms with Crippen molar-refractivity contribution in [3.05, 3.63) is 199 Å². The van der Waals surface area contributed by atoms with Crippen LogP contribution in [-0.4, -0.2) is 0 Å². The molecule has 0 saturated carbocycles. The highest BCUT2D eigenvalue weighted by atomic mass is 16.3. The summed E-state index contributed by atoms with van der Waals surface area (Å²) >= 11 is 0. The maximum absolute atomic E-state index is 6.43. The summed E-state index contributed by atoms with van der Waals surface area (Å²) in [7, 11) is 0. The number of para-hydroxylation sites is 1. The average Bonchev–Trinajstić information content (AvgIpc) is 3.71. The van der Waals surface area contributed by atoms with E-state index in [9.17, 15) is 0 Å². The number of hydrogen-bond acceptors (Lipinski definition) is 2. The first-order valence-electron chi connectivity index (χ1n) is 19.1. The minimum atomic E-state index is -0.114. The van der Waals surface area contributed by atoms with Gasteiger partial charge in [-0.3, -0.25) is 0 Å². The number of nitrogens with zero attached hydrogens (tertiary/aromatic N) is 1. The molecule has 0 fully saturated rings. The monoisotopic (exact) mass is 703 g/mol. The first-order chi connectivity index (χ1) is 27.0. The van der Waals surface area contributed by atoms with Crippen molar-refractivity contribution in [2.45, 2.75) is 19.3 Å². The Hall–Kier alpha value is -6.90. The summed E-state index contributed by atoms with van der Waals surface area (Å²) in [4.78, 5) is 2.38. The highest BCUT2D eigenvalue weighted by Gasteiger charge is 2.35. The van der Waals surface area contributed by atoms with Crippen LogP contribution in [0, 0.1) is 0 Å². The number of furan rings is 1. The van der Waals surface area contributed by atoms with E-state index < -0.39 is 0 Å². The highest BCUT2D eigenvalue weighted by Crippen LogP contribution is 2.51. The Labute approximate surface area is 320 Å². The van der Waals surface area contributed by atoms with Gasteiger partial charge in [0.15, 0.2) is 0 Å². The molecule has 2 nitrogen and oxygen atoms in total. The lowest BCUT2D eigenvalue weighted by Gasteiger charge is -2.28. The third-order valence-corrected chi connectivity index (χ3v) is 11.8. The fraction of sp³-hybridized carbons (Fsp3) is 0.0566. The summed E-state index contributed by atoms with van der Waals surface area (Å²) < 4.78 is 6.43. The van der Waals surface area contributed by atoms with Crippen LogP contribution >= 0.6 is 0 Å². The molecule has 0 unspecified atom stereocenters. The second-order valence-corrected chi connectivity index (χ2v) is 15.4. The van der Waals surface area contributed by atoms with Crippen molar-refractivity contribution in [1.82, 2.24) is 0 Å². The van der Waals surface area contributed by atoms with Crippen molar-refractivity contribution in [2.24, 2.45) is 0 Å². The van der Waals surface area contributed by atoms with Crippen molar-refractivity contribution >= 4 is 60.5 Å². The zero-order chi connectivity index (χ0) is 36.7. The number of anilines is 3. The lowest BCUT2D eigenvalue weighted by molar-refractivity contribution is 0.660. The van der Waals surface area contributed by atoms with Gasteiger partial charge in [-0.1, -0.05) is 135 Å². The van der Waals surface area contributed by atoms with Crippen LogP contribution in [0.15, 0.2) is 192 Å². The minimum Gasteiger partial charge on any atom is -0.456 e. The molecule has 260 valence electrons. The van der Waals surface area contributed by atoms with E-state index in [4.69, 9.17) is 4.42 Å². The SMILES string of the molecule is CC1(C)c2ccccc2-c2ccc(N(c3cccc(-c4ccc5cc(-c6ccc7ccccc7c6)ccc5c4)c3)c3ccc4c(c3)oc3ccccc34)cc21. The molecule has 10 aromatic rings. The molecule has 0 amide bonds. The molecule has 1 heterocycles. The van der Waals surface area contributed by atoms with Crippen LogP contribution in [0.2, 0.25) is 0 Å². The molecular formula is C53H37NO. The quantitative estimate of drug-likeness (QED) is 0.177. The summed E-state index contributed by atoms with van der Waals surface area (Å²) in [5, 5.41) is 7.23. The van der Waals surface area contributed by atoms with Gasteiger partial charge in [-0.15, -0.1) is 0 Å². The van der Waals surface area contributed by atoms with Gasteiger partial charge in [-0.2, -0.15) is 0 Å². The predicted molar refractivity (Wildman–Crippen MR) is 232 cm³/mol. The Morgan fingerprint density at radius 2 is 0.927 bits per heavy atom. The van der Waals surface area contributed by atoms with Crippen molar-refractivity contribution in [3.63, 3.8) is 0 Å². The minimum absolute atomic E-state index is 0.114. The fourth-order valence-electron chi connectivity index (χ4n) is 8.93. The standard InChI is InChI=1S/C53H37NO/c1-53(2)49-16-7-5-14-45(49)46-26-24-43(32-50(46)53)54(44-25-27-48-47-15-6-8-17-51(47)55-52(48)33-44)42-13-9-12-36(31-42)37-20-21-41-30-40(23-22-39(41)29-37)38-19-18-34-10-3-4-11-35(34)28-38/h3-33H,1-2H3. The van der Waals surface area contributed by atoms with Crippen molar-refractivity contribution in [1.29, 1.82) is 0 Å². The highest BCUT2D eigenvalue weighted by molar-refractivity contribution is 6.06. The second-order valence-electron chi connectivity index (χ2n) is 15.4. The molecule has 9 aromatic carbocycles. The molecule has 0 spiro atoms. The molecule has 0 radical (unpaired) electrons. The number of rotatable bonds is 5. The van der Waals surface area contributed by atoms with Crippen LogP contribution in [0.5, 0.6) is 0 Å². The van der Waals surface area contributed by atoms with Crippen LogP contribution in [0.1, 0.15) is 25.0 Å². The summed E-state index contributed by atoms with van der Waals surface area (Å²) in [6.45, 7) is 4.69. The van der Waals surface area contributed by atoms with Gasteiger partial charge in [0.1, 0.15) is 11.2 Å². The van der Waals surface area contributed by atoms with E-state index in [0.29, 0.717) is 0 Å². The van der Waals surface area contributed by atoms with Gasteiger partial charge < -0.3 is 9.32 Å². The van der Waals surface area contributed by atoms with Crippen LogP contribution in [0.25, 0.3) is 76.9 Å². The maximum atomic E-state index is 6.43. The first kappa shape index (κ1) is 31.6. The van der Waals surface area contributed by atoms with Crippen LogP contribution in [-0.2, 0) is 5.41 Å². The van der Waals surface area contributed by atoms with E-state index >= 15 is 0 Å². The van der Waals surface area contributed by atoms with Gasteiger partial charge in [0.05, 0.1) is 0 Å². The molecule has 1 aromatic heterocycles. The fourth-order valence-corrected chi connectivity index (χ4v) is 8.93. The maximum Gasteiger partial charge on any atom is 0.137 e. The molecule has 1 aliphatic rings. The molecule has 0 atom stereocenters. The lowest BCUT2D eigenvalue weighted by Crippen LogP contribution is -2.16. The van der Waals surface area contributed by atoms with E-state index in [1.165, 1.54) is 66.1 Å². The summed E-state index contributed by atoms with van der Waals surface area (Å²) in [5.41, 5.74) is 15.1. The summed E-state index contributed by atoms with van der Waals surface area (Å²) in [5.74, 6) is 0. The second kappa shape index (κ2) is 12.1. The smallest absolute Gasteiger partial charge is 0.137 e. The Balaban J connectivity index is 1.02. The normalized spacial score (nSPS) is 13.1. The average molecular weight is 704 g/mol. The molecule has 11 rings (SSSR count). The van der Waals surface area contributed by atoms with E-state index in [2.05, 4.69) is 195 Å². The topological polar surface area (TPSA) is 16.4 Å². The van der Waals surface area contributed by atoms with E-state index in [1.54, 1.807) is 0 Å². The first-order valence-corrected chi connectivity index (χ1v) is 19.1. The Kier molecular flexibility index (Phi) is 6.93. The molecule has 0 bridgehead atoms. The molecule has 0 N–H and O–H groups in total. The molecule has 1 aliphatic carbocycles. The number of fused-ring (bicyclic) bond motifs is 8. The van der Waals surface area contributed by atoms with Crippen molar-refractivity contribution in [2.75, 3.05) is 4.90 Å². The third kappa shape index (κ3) is 5.10. The van der Waals surface area contributed by atoms with E-state index in [0.717, 1.165) is 39.0 Å². The molecule has 0 aliphatic heterocycles. The Morgan fingerprint density at radius 3 is 1.73 bits per heavy atom. The van der Waals surface area contributed by atoms with Gasteiger partial charge >= 0.3 is 0 Å². The van der Waals surface area contributed by atoms with Crippen LogP contribution in [0.4, 0.5) is 17.1 Å². The van der Waals surface area contributed by atoms with Gasteiger partial charge in [-0.05, 0) is 127 Å². The largest absolute Gasteiger partial charge is 0.456 e. The van der Waals surface area contributed by atoms with Crippen molar-refractivity contribution in [3.8, 4) is 33.4 Å². The Morgan fingerprint density at radius 1 is 0.364 bits per heavy atom. The zero-order valence-corrected chi connectivity index (χ0v) is 30.8.